The summed E-state index contributed by atoms with van der Waals surface area (Å²) >= 11 is 0. The first kappa shape index (κ1) is 33.4. The molecule has 0 aromatic rings. The Bertz CT molecular complexity index is 502. The Morgan fingerprint density at radius 2 is 1.47 bits per heavy atom. The molecule has 0 amide bonds. The van der Waals surface area contributed by atoms with Gasteiger partial charge in [-0.25, -0.2) is 0 Å². The van der Waals surface area contributed by atoms with E-state index in [4.69, 9.17) is 9.84 Å². The lowest BCUT2D eigenvalue weighted by atomic mass is 9.94. The third-order valence-corrected chi connectivity index (χ3v) is 7.95. The van der Waals surface area contributed by atoms with Gasteiger partial charge in [0, 0.05) is 25.2 Å². The SMILES string of the molecule is CCCCCCCCC(CCCCCC)C(=O)OCCCCCCN1CC(NCCCCO)CC1C. The van der Waals surface area contributed by atoms with Crippen LogP contribution in [-0.4, -0.2) is 60.9 Å². The maximum absolute atomic E-state index is 12.8. The highest BCUT2D eigenvalue weighted by molar-refractivity contribution is 5.72. The average Bonchev–Trinajstić information content (AvgIpc) is 3.23. The summed E-state index contributed by atoms with van der Waals surface area (Å²) in [6.07, 6.45) is 22.4. The molecule has 0 saturated carbocycles. The Kier molecular flexibility index (Phi) is 21.8. The van der Waals surface area contributed by atoms with Crippen molar-refractivity contribution in [3.63, 3.8) is 0 Å². The summed E-state index contributed by atoms with van der Waals surface area (Å²) in [4.78, 5) is 15.4. The summed E-state index contributed by atoms with van der Waals surface area (Å²) in [5, 5.41) is 12.6. The summed E-state index contributed by atoms with van der Waals surface area (Å²) < 4.78 is 5.75. The maximum atomic E-state index is 12.8. The predicted octanol–water partition coefficient (Wildman–Crippen LogP) is 7.25. The lowest BCUT2D eigenvalue weighted by Gasteiger charge is -2.20. The van der Waals surface area contributed by atoms with Crippen molar-refractivity contribution < 1.29 is 14.6 Å². The Hall–Kier alpha value is -0.650. The molecule has 1 aliphatic heterocycles. The molecule has 1 fully saturated rings. The smallest absolute Gasteiger partial charge is 0.308 e. The van der Waals surface area contributed by atoms with Crippen molar-refractivity contribution in [2.75, 3.05) is 32.8 Å². The van der Waals surface area contributed by atoms with Crippen molar-refractivity contribution >= 4 is 5.97 Å². The molecule has 2 N–H and O–H groups in total. The van der Waals surface area contributed by atoms with Gasteiger partial charge in [0.15, 0.2) is 0 Å². The van der Waals surface area contributed by atoms with E-state index in [9.17, 15) is 4.79 Å². The van der Waals surface area contributed by atoms with Gasteiger partial charge in [0.25, 0.3) is 0 Å². The molecule has 3 unspecified atom stereocenters. The van der Waals surface area contributed by atoms with Crippen molar-refractivity contribution in [3.8, 4) is 0 Å². The van der Waals surface area contributed by atoms with E-state index in [1.807, 2.05) is 0 Å². The third kappa shape index (κ3) is 17.0. The zero-order valence-electron chi connectivity index (χ0n) is 24.4. The van der Waals surface area contributed by atoms with Crippen molar-refractivity contribution in [2.45, 2.75) is 155 Å². The fourth-order valence-corrected chi connectivity index (χ4v) is 5.53. The molecule has 5 nitrogen and oxygen atoms in total. The molecule has 3 atom stereocenters. The molecule has 214 valence electrons. The second-order valence-electron chi connectivity index (χ2n) is 11.3. The van der Waals surface area contributed by atoms with E-state index in [1.54, 1.807) is 0 Å². The number of carbonyl (C=O) groups is 1. The Morgan fingerprint density at radius 1 is 0.861 bits per heavy atom. The molecular weight excluding hydrogens is 448 g/mol. The van der Waals surface area contributed by atoms with Gasteiger partial charge in [-0.2, -0.15) is 0 Å². The summed E-state index contributed by atoms with van der Waals surface area (Å²) in [5.41, 5.74) is 0. The predicted molar refractivity (Wildman–Crippen MR) is 153 cm³/mol. The van der Waals surface area contributed by atoms with Crippen LogP contribution in [0.15, 0.2) is 0 Å². The van der Waals surface area contributed by atoms with E-state index in [2.05, 4.69) is 31.0 Å². The Labute approximate surface area is 224 Å². The number of rotatable bonds is 25. The van der Waals surface area contributed by atoms with Crippen LogP contribution in [0.3, 0.4) is 0 Å². The zero-order valence-corrected chi connectivity index (χ0v) is 24.4. The number of carbonyl (C=O) groups excluding carboxylic acids is 1. The second kappa shape index (κ2) is 23.5. The van der Waals surface area contributed by atoms with E-state index < -0.39 is 0 Å². The molecule has 0 aromatic carbocycles. The number of aliphatic hydroxyl groups excluding tert-OH is 1. The Balaban J connectivity index is 2.14. The first-order valence-corrected chi connectivity index (χ1v) is 15.9. The maximum Gasteiger partial charge on any atom is 0.308 e. The Morgan fingerprint density at radius 3 is 2.17 bits per heavy atom. The van der Waals surface area contributed by atoms with E-state index in [1.165, 1.54) is 83.6 Å². The van der Waals surface area contributed by atoms with Crippen LogP contribution in [0.5, 0.6) is 0 Å². The minimum absolute atomic E-state index is 0.0727. The monoisotopic (exact) mass is 510 g/mol. The lowest BCUT2D eigenvalue weighted by molar-refractivity contribution is -0.149. The van der Waals surface area contributed by atoms with Crippen molar-refractivity contribution in [3.05, 3.63) is 0 Å². The first-order valence-electron chi connectivity index (χ1n) is 15.9. The van der Waals surface area contributed by atoms with Gasteiger partial charge in [0.2, 0.25) is 0 Å². The highest BCUT2D eigenvalue weighted by Gasteiger charge is 2.27. The summed E-state index contributed by atoms with van der Waals surface area (Å²) in [7, 11) is 0. The second-order valence-corrected chi connectivity index (χ2v) is 11.3. The third-order valence-electron chi connectivity index (χ3n) is 7.95. The lowest BCUT2D eigenvalue weighted by Crippen LogP contribution is -2.34. The highest BCUT2D eigenvalue weighted by Crippen LogP contribution is 2.21. The molecule has 36 heavy (non-hydrogen) atoms. The topological polar surface area (TPSA) is 61.8 Å². The van der Waals surface area contributed by atoms with Crippen LogP contribution in [0, 0.1) is 5.92 Å². The number of esters is 1. The number of unbranched alkanes of at least 4 members (excludes halogenated alkanes) is 12. The number of hydrogen-bond acceptors (Lipinski definition) is 5. The average molecular weight is 511 g/mol. The van der Waals surface area contributed by atoms with Crippen LogP contribution in [-0.2, 0) is 9.53 Å². The molecule has 0 spiro atoms. The number of ether oxygens (including phenoxy) is 1. The van der Waals surface area contributed by atoms with Gasteiger partial charge in [-0.1, -0.05) is 90.9 Å². The number of likely N-dealkylation sites (tertiary alicyclic amines) is 1. The number of aliphatic hydroxyl groups is 1. The minimum atomic E-state index is 0.0727. The van der Waals surface area contributed by atoms with Crippen LogP contribution >= 0.6 is 0 Å². The van der Waals surface area contributed by atoms with Crippen molar-refractivity contribution in [2.24, 2.45) is 5.92 Å². The van der Waals surface area contributed by atoms with Crippen LogP contribution in [0.4, 0.5) is 0 Å². The molecule has 1 saturated heterocycles. The summed E-state index contributed by atoms with van der Waals surface area (Å²) in [6.45, 7) is 11.1. The molecular formula is C31H62N2O3. The van der Waals surface area contributed by atoms with E-state index in [-0.39, 0.29) is 11.9 Å². The van der Waals surface area contributed by atoms with Gasteiger partial charge in [-0.05, 0) is 65.0 Å². The molecule has 1 heterocycles. The van der Waals surface area contributed by atoms with E-state index >= 15 is 0 Å². The van der Waals surface area contributed by atoms with Gasteiger partial charge >= 0.3 is 5.97 Å². The normalized spacial score (nSPS) is 19.1. The number of nitrogens with one attached hydrogen (secondary N) is 1. The molecule has 0 radical (unpaired) electrons. The highest BCUT2D eigenvalue weighted by atomic mass is 16.5. The molecule has 5 heteroatoms. The molecule has 0 bridgehead atoms. The van der Waals surface area contributed by atoms with Crippen LogP contribution in [0.1, 0.15) is 143 Å². The van der Waals surface area contributed by atoms with Crippen LogP contribution < -0.4 is 5.32 Å². The molecule has 1 rings (SSSR count). The van der Waals surface area contributed by atoms with Crippen molar-refractivity contribution in [1.29, 1.82) is 0 Å². The fourth-order valence-electron chi connectivity index (χ4n) is 5.53. The number of hydrogen-bond donors (Lipinski definition) is 2. The summed E-state index contributed by atoms with van der Waals surface area (Å²) in [6, 6.07) is 1.26. The quantitative estimate of drug-likeness (QED) is 0.1000. The van der Waals surface area contributed by atoms with Crippen molar-refractivity contribution in [1.82, 2.24) is 10.2 Å². The van der Waals surface area contributed by atoms with Gasteiger partial charge in [-0.3, -0.25) is 9.69 Å². The zero-order chi connectivity index (χ0) is 26.3. The van der Waals surface area contributed by atoms with Crippen LogP contribution in [0.25, 0.3) is 0 Å². The van der Waals surface area contributed by atoms with Crippen LogP contribution in [0.2, 0.25) is 0 Å². The standard InChI is InChI=1S/C31H62N2O3/c1-4-6-8-10-11-15-21-29(20-14-9-7-5-2)31(35)36-25-19-13-12-17-23-33-27-30(26-28(33)3)32-22-16-18-24-34/h28-30,32,34H,4-27H2,1-3H3. The molecule has 1 aliphatic rings. The van der Waals surface area contributed by atoms with E-state index in [0.717, 1.165) is 58.0 Å². The molecule has 0 aromatic heterocycles. The fraction of sp³-hybridized carbons (Fsp3) is 0.968. The van der Waals surface area contributed by atoms with E-state index in [0.29, 0.717) is 25.3 Å². The molecule has 0 aliphatic carbocycles. The van der Waals surface area contributed by atoms with Gasteiger partial charge < -0.3 is 15.2 Å². The first-order chi connectivity index (χ1) is 17.6. The summed E-state index contributed by atoms with van der Waals surface area (Å²) in [5.74, 6) is 0.193. The number of nitrogens with zero attached hydrogens (tertiary/aromatic N) is 1. The largest absolute Gasteiger partial charge is 0.465 e. The van der Waals surface area contributed by atoms with Gasteiger partial charge in [0.1, 0.15) is 0 Å². The van der Waals surface area contributed by atoms with Gasteiger partial charge in [0.05, 0.1) is 12.5 Å². The van der Waals surface area contributed by atoms with Gasteiger partial charge in [-0.15, -0.1) is 0 Å². The minimum Gasteiger partial charge on any atom is -0.465 e.